The summed E-state index contributed by atoms with van der Waals surface area (Å²) in [5.41, 5.74) is 4.84. The van der Waals surface area contributed by atoms with Crippen LogP contribution in [0, 0.1) is 0 Å². The van der Waals surface area contributed by atoms with Crippen molar-refractivity contribution in [2.75, 3.05) is 18.0 Å². The van der Waals surface area contributed by atoms with Crippen molar-refractivity contribution in [3.8, 4) is 0 Å². The quantitative estimate of drug-likeness (QED) is 0.464. The Balaban J connectivity index is 1.76. The monoisotopic (exact) mass is 367 g/mol. The van der Waals surface area contributed by atoms with Crippen molar-refractivity contribution < 1.29 is 0 Å². The lowest BCUT2D eigenvalue weighted by molar-refractivity contribution is 0.552. The van der Waals surface area contributed by atoms with Crippen molar-refractivity contribution >= 4 is 17.0 Å². The average molecular weight is 367 g/mol. The number of benzene rings is 3. The highest BCUT2D eigenvalue weighted by Crippen LogP contribution is 2.35. The molecular formula is C25H25N3. The second-order valence-corrected chi connectivity index (χ2v) is 7.54. The van der Waals surface area contributed by atoms with Gasteiger partial charge >= 0.3 is 0 Å². The molecule has 0 aliphatic carbocycles. The number of para-hydroxylation sites is 2. The van der Waals surface area contributed by atoms with Crippen LogP contribution in [0.4, 0.5) is 5.95 Å². The van der Waals surface area contributed by atoms with E-state index in [1.165, 1.54) is 35.9 Å². The summed E-state index contributed by atoms with van der Waals surface area (Å²) in [7, 11) is 0. The van der Waals surface area contributed by atoms with E-state index in [1.807, 2.05) is 0 Å². The molecule has 1 saturated heterocycles. The number of nitrogens with zero attached hydrogens (tertiary/aromatic N) is 3. The van der Waals surface area contributed by atoms with Crippen molar-refractivity contribution in [2.45, 2.75) is 25.3 Å². The summed E-state index contributed by atoms with van der Waals surface area (Å²) in [5.74, 6) is 1.10. The topological polar surface area (TPSA) is 21.1 Å². The maximum atomic E-state index is 5.10. The highest BCUT2D eigenvalue weighted by atomic mass is 15.3. The third-order valence-electron chi connectivity index (χ3n) is 5.70. The number of anilines is 1. The molecular weight excluding hydrogens is 342 g/mol. The number of imidazole rings is 1. The largest absolute Gasteiger partial charge is 0.342 e. The van der Waals surface area contributed by atoms with Gasteiger partial charge in [-0.05, 0) is 42.5 Å². The Hall–Kier alpha value is -3.07. The number of fused-ring (bicyclic) bond motifs is 1. The highest BCUT2D eigenvalue weighted by molar-refractivity contribution is 5.79. The summed E-state index contributed by atoms with van der Waals surface area (Å²) >= 11 is 0. The number of piperidine rings is 1. The molecule has 4 aromatic rings. The van der Waals surface area contributed by atoms with Crippen molar-refractivity contribution in [1.29, 1.82) is 0 Å². The summed E-state index contributed by atoms with van der Waals surface area (Å²) in [6.45, 7) is 2.17. The molecule has 0 amide bonds. The van der Waals surface area contributed by atoms with Crippen LogP contribution < -0.4 is 4.90 Å². The van der Waals surface area contributed by atoms with Gasteiger partial charge in [0, 0.05) is 13.1 Å². The number of hydrogen-bond donors (Lipinski definition) is 0. The summed E-state index contributed by atoms with van der Waals surface area (Å²) in [6.07, 6.45) is 3.80. The summed E-state index contributed by atoms with van der Waals surface area (Å²) in [4.78, 5) is 7.57. The Labute approximate surface area is 166 Å². The van der Waals surface area contributed by atoms with Crippen LogP contribution in [-0.4, -0.2) is 22.6 Å². The highest BCUT2D eigenvalue weighted by Gasteiger charge is 2.26. The second-order valence-electron chi connectivity index (χ2n) is 7.54. The summed E-state index contributed by atoms with van der Waals surface area (Å²) < 4.78 is 2.45. The molecule has 0 bridgehead atoms. The first-order chi connectivity index (χ1) is 13.9. The molecule has 1 aromatic heterocycles. The predicted molar refractivity (Wildman–Crippen MR) is 116 cm³/mol. The second kappa shape index (κ2) is 7.51. The van der Waals surface area contributed by atoms with E-state index in [0.29, 0.717) is 0 Å². The Bertz CT molecular complexity index is 1010. The number of aromatic nitrogens is 2. The molecule has 1 aliphatic rings. The van der Waals surface area contributed by atoms with E-state index in [4.69, 9.17) is 4.98 Å². The van der Waals surface area contributed by atoms with Gasteiger partial charge in [0.1, 0.15) is 0 Å². The molecule has 1 aliphatic heterocycles. The lowest BCUT2D eigenvalue weighted by Gasteiger charge is -2.31. The Kier molecular flexibility index (Phi) is 4.58. The number of rotatable bonds is 4. The van der Waals surface area contributed by atoms with Gasteiger partial charge in [-0.1, -0.05) is 72.8 Å². The molecule has 0 unspecified atom stereocenters. The molecule has 28 heavy (non-hydrogen) atoms. The molecule has 0 atom stereocenters. The fourth-order valence-electron chi connectivity index (χ4n) is 4.36. The fourth-order valence-corrected chi connectivity index (χ4v) is 4.36. The van der Waals surface area contributed by atoms with Gasteiger partial charge in [-0.3, -0.25) is 4.57 Å². The van der Waals surface area contributed by atoms with Crippen molar-refractivity contribution in [2.24, 2.45) is 0 Å². The first-order valence-corrected chi connectivity index (χ1v) is 10.2. The van der Waals surface area contributed by atoms with E-state index in [1.54, 1.807) is 0 Å². The van der Waals surface area contributed by atoms with E-state index in [-0.39, 0.29) is 6.04 Å². The zero-order chi connectivity index (χ0) is 18.8. The minimum absolute atomic E-state index is 0.103. The standard InChI is InChI=1S/C25H25N3/c1-4-12-20(13-5-1)24(21-14-6-2-7-15-21)28-23-17-9-8-16-22(23)26-25(28)27-18-10-3-11-19-27/h1-2,4-9,12-17,24H,3,10-11,18-19H2. The van der Waals surface area contributed by atoms with Gasteiger partial charge in [0.2, 0.25) is 5.95 Å². The number of hydrogen-bond acceptors (Lipinski definition) is 2. The zero-order valence-corrected chi connectivity index (χ0v) is 16.0. The van der Waals surface area contributed by atoms with Crippen LogP contribution in [0.25, 0.3) is 11.0 Å². The van der Waals surface area contributed by atoms with E-state index >= 15 is 0 Å². The normalized spacial score (nSPS) is 14.7. The minimum atomic E-state index is 0.103. The first kappa shape index (κ1) is 17.1. The Morgan fingerprint density at radius 2 is 1.21 bits per heavy atom. The molecule has 140 valence electrons. The molecule has 5 rings (SSSR count). The third-order valence-corrected chi connectivity index (χ3v) is 5.70. The van der Waals surface area contributed by atoms with Gasteiger partial charge in [0.15, 0.2) is 0 Å². The predicted octanol–water partition coefficient (Wildman–Crippen LogP) is 5.66. The summed E-state index contributed by atoms with van der Waals surface area (Å²) in [6, 6.07) is 30.2. The van der Waals surface area contributed by atoms with Gasteiger partial charge in [-0.25, -0.2) is 4.98 Å². The lowest BCUT2D eigenvalue weighted by Crippen LogP contribution is -2.33. The fraction of sp³-hybridized carbons (Fsp3) is 0.240. The van der Waals surface area contributed by atoms with Crippen molar-refractivity contribution in [1.82, 2.24) is 9.55 Å². The molecule has 1 fully saturated rings. The Morgan fingerprint density at radius 1 is 0.643 bits per heavy atom. The molecule has 3 nitrogen and oxygen atoms in total. The van der Waals surface area contributed by atoms with E-state index in [9.17, 15) is 0 Å². The van der Waals surface area contributed by atoms with Gasteiger partial charge in [-0.15, -0.1) is 0 Å². The average Bonchev–Trinajstić information content (AvgIpc) is 3.16. The van der Waals surface area contributed by atoms with Crippen molar-refractivity contribution in [3.05, 3.63) is 96.1 Å². The summed E-state index contributed by atoms with van der Waals surface area (Å²) in [5, 5.41) is 0. The van der Waals surface area contributed by atoms with Crippen LogP contribution >= 0.6 is 0 Å². The van der Waals surface area contributed by atoms with Crippen LogP contribution in [0.5, 0.6) is 0 Å². The molecule has 0 radical (unpaired) electrons. The molecule has 0 spiro atoms. The van der Waals surface area contributed by atoms with Crippen LogP contribution in [0.2, 0.25) is 0 Å². The first-order valence-electron chi connectivity index (χ1n) is 10.2. The van der Waals surface area contributed by atoms with E-state index in [0.717, 1.165) is 24.6 Å². The third kappa shape index (κ3) is 3.07. The Morgan fingerprint density at radius 3 is 1.86 bits per heavy atom. The van der Waals surface area contributed by atoms with Gasteiger partial charge in [0.05, 0.1) is 17.1 Å². The van der Waals surface area contributed by atoms with Crippen LogP contribution in [0.3, 0.4) is 0 Å². The lowest BCUT2D eigenvalue weighted by atomic mass is 9.98. The van der Waals surface area contributed by atoms with Crippen LogP contribution in [-0.2, 0) is 0 Å². The molecule has 0 N–H and O–H groups in total. The maximum absolute atomic E-state index is 5.10. The van der Waals surface area contributed by atoms with Crippen LogP contribution in [0.15, 0.2) is 84.9 Å². The van der Waals surface area contributed by atoms with Gasteiger partial charge < -0.3 is 4.90 Å². The molecule has 0 saturated carbocycles. The zero-order valence-electron chi connectivity index (χ0n) is 16.0. The molecule has 2 heterocycles. The van der Waals surface area contributed by atoms with Gasteiger partial charge in [0.25, 0.3) is 0 Å². The SMILES string of the molecule is c1ccc(C(c2ccccc2)n2c(N3CCCCC3)nc3ccccc32)cc1. The van der Waals surface area contributed by atoms with Gasteiger partial charge in [-0.2, -0.15) is 0 Å². The smallest absolute Gasteiger partial charge is 0.207 e. The van der Waals surface area contributed by atoms with Crippen molar-refractivity contribution in [3.63, 3.8) is 0 Å². The minimum Gasteiger partial charge on any atom is -0.342 e. The maximum Gasteiger partial charge on any atom is 0.207 e. The van der Waals surface area contributed by atoms with Crippen LogP contribution in [0.1, 0.15) is 36.4 Å². The van der Waals surface area contributed by atoms with E-state index in [2.05, 4.69) is 94.4 Å². The van der Waals surface area contributed by atoms with E-state index < -0.39 is 0 Å². The molecule has 3 aromatic carbocycles. The molecule has 3 heteroatoms.